The Morgan fingerprint density at radius 1 is 0.886 bits per heavy atom. The summed E-state index contributed by atoms with van der Waals surface area (Å²) in [5, 5.41) is 1.77. The second kappa shape index (κ2) is 11.4. The summed E-state index contributed by atoms with van der Waals surface area (Å²) < 4.78 is 16.4. The number of rotatable bonds is 11. The smallest absolute Gasteiger partial charge is 0.286 e. The normalized spacial score (nSPS) is 17.2. The van der Waals surface area contributed by atoms with Crippen molar-refractivity contribution in [1.29, 1.82) is 0 Å². The van der Waals surface area contributed by atoms with Gasteiger partial charge < -0.3 is 14.2 Å². The van der Waals surface area contributed by atoms with Crippen LogP contribution in [0.4, 0.5) is 4.79 Å². The number of carbonyl (C=O) groups excluding carboxylic acids is 2. The van der Waals surface area contributed by atoms with E-state index in [1.165, 1.54) is 0 Å². The van der Waals surface area contributed by atoms with Crippen LogP contribution in [0.25, 0.3) is 0 Å². The molecular weight excluding hydrogens is 461 g/mol. The Morgan fingerprint density at radius 3 is 2.40 bits per heavy atom. The summed E-state index contributed by atoms with van der Waals surface area (Å²) in [5.74, 6) is 2.47. The largest absolute Gasteiger partial charge is 0.493 e. The lowest BCUT2D eigenvalue weighted by Crippen LogP contribution is -2.34. The fraction of sp³-hybridized carbons (Fsp3) is 0.259. The molecule has 0 saturated carbocycles. The molecule has 4 rings (SSSR count). The summed E-state index contributed by atoms with van der Waals surface area (Å²) in [6.07, 6.45) is 2.55. The zero-order chi connectivity index (χ0) is 24.7. The van der Waals surface area contributed by atoms with E-state index in [2.05, 4.69) is 12.2 Å². The Bertz CT molecular complexity index is 1190. The summed E-state index contributed by atoms with van der Waals surface area (Å²) in [6.45, 7) is 3.05. The molecule has 1 atom stereocenters. The van der Waals surface area contributed by atoms with Gasteiger partial charge in [0.05, 0.1) is 17.9 Å². The number of ether oxygens (including phenoxy) is 3. The molecule has 1 N–H and O–H groups in total. The molecular formula is C27H26BNO5S. The number of imide groups is 1. The Labute approximate surface area is 210 Å². The fourth-order valence-electron chi connectivity index (χ4n) is 3.69. The molecule has 3 aromatic rings. The lowest BCUT2D eigenvalue weighted by molar-refractivity contribution is -0.120. The highest BCUT2D eigenvalue weighted by molar-refractivity contribution is 8.16. The van der Waals surface area contributed by atoms with Crippen LogP contribution in [0.5, 0.6) is 23.0 Å². The second-order valence-electron chi connectivity index (χ2n) is 8.09. The van der Waals surface area contributed by atoms with Crippen LogP contribution in [-0.4, -0.2) is 32.2 Å². The maximum absolute atomic E-state index is 12.1. The van der Waals surface area contributed by atoms with Crippen molar-refractivity contribution in [3.05, 3.63) is 83.9 Å². The minimum atomic E-state index is -1.44. The summed E-state index contributed by atoms with van der Waals surface area (Å²) in [7, 11) is 6.16. The van der Waals surface area contributed by atoms with Gasteiger partial charge in [0, 0.05) is 6.42 Å². The summed E-state index contributed by atoms with van der Waals surface area (Å²) in [4.78, 5) is 23.6. The van der Waals surface area contributed by atoms with Crippen LogP contribution in [0.1, 0.15) is 30.9 Å². The van der Waals surface area contributed by atoms with Crippen molar-refractivity contribution in [3.63, 3.8) is 0 Å². The molecule has 1 saturated heterocycles. The van der Waals surface area contributed by atoms with Crippen molar-refractivity contribution in [3.8, 4) is 23.0 Å². The monoisotopic (exact) mass is 487 g/mol. The van der Waals surface area contributed by atoms with Gasteiger partial charge in [0.2, 0.25) is 5.91 Å². The summed E-state index contributed by atoms with van der Waals surface area (Å²) >= 11 is 0.768. The molecule has 0 aliphatic carbocycles. The molecule has 0 aromatic heterocycles. The molecule has 2 radical (unpaired) electrons. The van der Waals surface area contributed by atoms with E-state index < -0.39 is 15.8 Å². The lowest BCUT2D eigenvalue weighted by atomic mass is 9.79. The summed E-state index contributed by atoms with van der Waals surface area (Å²) in [5.41, 5.74) is 1.62. The van der Waals surface area contributed by atoms with Crippen LogP contribution in [0.15, 0.2) is 72.8 Å². The van der Waals surface area contributed by atoms with Crippen molar-refractivity contribution in [2.75, 3.05) is 13.2 Å². The number of para-hydroxylation sites is 1. The van der Waals surface area contributed by atoms with Gasteiger partial charge in [-0.15, -0.1) is 0 Å². The Morgan fingerprint density at radius 2 is 1.66 bits per heavy atom. The average molecular weight is 487 g/mol. The highest BCUT2D eigenvalue weighted by atomic mass is 32.2. The molecule has 1 heterocycles. The lowest BCUT2D eigenvalue weighted by Gasteiger charge is -2.20. The van der Waals surface area contributed by atoms with E-state index in [0.717, 1.165) is 47.4 Å². The molecule has 1 fully saturated rings. The van der Waals surface area contributed by atoms with Gasteiger partial charge in [-0.3, -0.25) is 14.9 Å². The minimum absolute atomic E-state index is 0.428. The molecule has 3 aromatic carbocycles. The maximum Gasteiger partial charge on any atom is 0.286 e. The predicted molar refractivity (Wildman–Crippen MR) is 138 cm³/mol. The van der Waals surface area contributed by atoms with E-state index in [1.54, 1.807) is 24.3 Å². The van der Waals surface area contributed by atoms with Gasteiger partial charge in [0.15, 0.2) is 0 Å². The van der Waals surface area contributed by atoms with Gasteiger partial charge >= 0.3 is 0 Å². The van der Waals surface area contributed by atoms with Crippen LogP contribution in [0.3, 0.4) is 0 Å². The van der Waals surface area contributed by atoms with E-state index in [0.29, 0.717) is 30.9 Å². The third kappa shape index (κ3) is 6.19. The standard InChI is InChI=1S/C27H26BNO5S/c1-2-8-19-17-23(34-21-10-4-3-5-11-21)13-14-24(19)33-16-7-15-32-22-12-6-9-20(18-22)27(28)25(30)29-26(31)35-27/h3-6,9-14,17-18H,2,7-8,15-16H2,1H3,(H,29,30,31)/t27-/m0/s1. The molecule has 1 aliphatic heterocycles. The van der Waals surface area contributed by atoms with Gasteiger partial charge in [0.25, 0.3) is 5.24 Å². The SMILES string of the molecule is [B][C@@]1(c2cccc(OCCCOc3ccc(Oc4ccccc4)cc3CCC)c2)SC(=O)NC1=O. The first kappa shape index (κ1) is 24.7. The third-order valence-electron chi connectivity index (χ3n) is 5.41. The van der Waals surface area contributed by atoms with Gasteiger partial charge in [-0.25, -0.2) is 0 Å². The quantitative estimate of drug-likeness (QED) is 0.281. The maximum atomic E-state index is 12.1. The molecule has 35 heavy (non-hydrogen) atoms. The average Bonchev–Trinajstić information content (AvgIpc) is 3.13. The number of thioether (sulfide) groups is 1. The van der Waals surface area contributed by atoms with Crippen LogP contribution in [-0.2, 0) is 15.9 Å². The first-order valence-electron chi connectivity index (χ1n) is 11.5. The molecule has 6 nitrogen and oxygen atoms in total. The van der Waals surface area contributed by atoms with Crippen molar-refractivity contribution >= 4 is 30.8 Å². The highest BCUT2D eigenvalue weighted by Gasteiger charge is 2.44. The van der Waals surface area contributed by atoms with E-state index in [1.807, 2.05) is 48.5 Å². The first-order valence-corrected chi connectivity index (χ1v) is 12.3. The zero-order valence-corrected chi connectivity index (χ0v) is 20.3. The topological polar surface area (TPSA) is 73.9 Å². The number of aryl methyl sites for hydroxylation is 1. The van der Waals surface area contributed by atoms with Crippen molar-refractivity contribution in [2.45, 2.75) is 30.8 Å². The van der Waals surface area contributed by atoms with E-state index in [4.69, 9.17) is 22.1 Å². The van der Waals surface area contributed by atoms with Crippen LogP contribution in [0, 0.1) is 0 Å². The van der Waals surface area contributed by atoms with Crippen LogP contribution >= 0.6 is 11.8 Å². The molecule has 0 bridgehead atoms. The van der Waals surface area contributed by atoms with E-state index in [9.17, 15) is 9.59 Å². The minimum Gasteiger partial charge on any atom is -0.493 e. The van der Waals surface area contributed by atoms with Gasteiger partial charge in [0.1, 0.15) is 30.8 Å². The first-order chi connectivity index (χ1) is 17.0. The number of hydrogen-bond acceptors (Lipinski definition) is 6. The van der Waals surface area contributed by atoms with Crippen molar-refractivity contribution in [1.82, 2.24) is 5.32 Å². The molecule has 1 aliphatic rings. The van der Waals surface area contributed by atoms with E-state index in [-0.39, 0.29) is 0 Å². The van der Waals surface area contributed by atoms with Crippen LogP contribution in [0.2, 0.25) is 0 Å². The van der Waals surface area contributed by atoms with E-state index >= 15 is 0 Å². The number of amides is 2. The molecule has 178 valence electrons. The Kier molecular flexibility index (Phi) is 8.03. The Hall–Kier alpha value is -3.39. The number of hydrogen-bond donors (Lipinski definition) is 1. The third-order valence-corrected chi connectivity index (χ3v) is 6.45. The van der Waals surface area contributed by atoms with Crippen LogP contribution < -0.4 is 19.5 Å². The fourth-order valence-corrected chi connectivity index (χ4v) is 4.52. The number of benzene rings is 3. The summed E-state index contributed by atoms with van der Waals surface area (Å²) in [6, 6.07) is 22.5. The predicted octanol–water partition coefficient (Wildman–Crippen LogP) is 5.58. The Balaban J connectivity index is 1.30. The molecule has 8 heteroatoms. The van der Waals surface area contributed by atoms with Crippen molar-refractivity contribution < 1.29 is 23.8 Å². The van der Waals surface area contributed by atoms with Gasteiger partial charge in [-0.2, -0.15) is 0 Å². The molecule has 0 unspecified atom stereocenters. The number of nitrogens with one attached hydrogen (secondary N) is 1. The highest BCUT2D eigenvalue weighted by Crippen LogP contribution is 2.39. The van der Waals surface area contributed by atoms with Gasteiger partial charge in [-0.05, 0) is 60.0 Å². The number of carbonyl (C=O) groups is 2. The molecule has 2 amide bonds. The zero-order valence-electron chi connectivity index (χ0n) is 19.5. The van der Waals surface area contributed by atoms with Crippen molar-refractivity contribution in [2.24, 2.45) is 0 Å². The molecule has 0 spiro atoms. The second-order valence-corrected chi connectivity index (χ2v) is 9.31. The van der Waals surface area contributed by atoms with Gasteiger partial charge in [-0.1, -0.05) is 55.4 Å².